The van der Waals surface area contributed by atoms with Crippen LogP contribution in [0.3, 0.4) is 0 Å². The third-order valence-electron chi connectivity index (χ3n) is 10.3. The second kappa shape index (κ2) is 13.8. The minimum absolute atomic E-state index is 0. The molecule has 3 heterocycles. The number of pyridine rings is 1. The standard InChI is InChI=1S/C48H42N3O2Si.Pt/c1-48(2,3)34-20-21-41(52)37(28-34)47-50-45-36(16-12-18-40(45)51(47)39-17-11-10-15-35(39)31-13-8-7-9-14-31)32-19-22-42-38(27-32)46-44-33(23-24-49-46)25-30(26-43(44)53-42)29-54(4,5)6;/h7-26,28,52H,29H2,1-6H3;/q-1;. The van der Waals surface area contributed by atoms with Gasteiger partial charge in [-0.05, 0) is 69.9 Å². The van der Waals surface area contributed by atoms with E-state index in [0.717, 1.165) is 84.1 Å². The van der Waals surface area contributed by atoms with E-state index in [2.05, 4.69) is 148 Å². The first-order chi connectivity index (χ1) is 25.9. The number of phenolic OH excluding ortho intramolecular Hbond substituents is 1. The second-order valence-electron chi connectivity index (χ2n) is 16.6. The maximum Gasteiger partial charge on any atom is 0.148 e. The number of nitrogens with zero attached hydrogens (tertiary/aromatic N) is 3. The van der Waals surface area contributed by atoms with Crippen LogP contribution in [0.25, 0.3) is 72.4 Å². The van der Waals surface area contributed by atoms with Crippen molar-refractivity contribution in [3.8, 4) is 67.8 Å². The monoisotopic (exact) mass is 915 g/mol. The number of aromatic hydroxyl groups is 1. The summed E-state index contributed by atoms with van der Waals surface area (Å²) in [5.41, 5.74) is 11.4. The maximum atomic E-state index is 11.5. The van der Waals surface area contributed by atoms with Gasteiger partial charge in [-0.1, -0.05) is 130 Å². The molecule has 0 fully saturated rings. The fourth-order valence-electron chi connectivity index (χ4n) is 7.79. The third kappa shape index (κ3) is 6.62. The largest absolute Gasteiger partial charge is 0.507 e. The Bertz CT molecular complexity index is 2760. The number of imidazole rings is 1. The SMILES string of the molecule is CC(C)(C)c1ccc(O)c(-c2nc3c(-c4[c-]c5c(cc4)Oc4cc(C[Si](C)(C)C)cc6ccnc-5c46)cccc3n2-c2ccccc2-c2ccccc2)c1.[Pt]. The van der Waals surface area contributed by atoms with E-state index in [1.807, 2.05) is 24.4 Å². The number of aromatic nitrogens is 3. The van der Waals surface area contributed by atoms with E-state index >= 15 is 0 Å². The Hall–Kier alpha value is -5.29. The number of rotatable bonds is 6. The van der Waals surface area contributed by atoms with E-state index in [4.69, 9.17) is 14.7 Å². The third-order valence-corrected chi connectivity index (χ3v) is 11.8. The quantitative estimate of drug-likeness (QED) is 0.133. The van der Waals surface area contributed by atoms with Crippen molar-refractivity contribution in [2.45, 2.75) is 51.9 Å². The summed E-state index contributed by atoms with van der Waals surface area (Å²) >= 11 is 0. The molecule has 1 aliphatic heterocycles. The fourth-order valence-corrected chi connectivity index (χ4v) is 9.22. The summed E-state index contributed by atoms with van der Waals surface area (Å²) in [6, 6.07) is 46.5. The number of benzene rings is 6. The summed E-state index contributed by atoms with van der Waals surface area (Å²) < 4.78 is 8.82. The second-order valence-corrected chi connectivity index (χ2v) is 22.1. The van der Waals surface area contributed by atoms with Crippen molar-refractivity contribution >= 4 is 29.9 Å². The molecule has 0 saturated carbocycles. The van der Waals surface area contributed by atoms with Gasteiger partial charge in [0.05, 0.1) is 28.0 Å². The van der Waals surface area contributed by atoms with Gasteiger partial charge in [-0.25, -0.2) is 4.98 Å². The molecule has 0 bridgehead atoms. The first-order valence-electron chi connectivity index (χ1n) is 18.6. The number of ether oxygens (including phenoxy) is 1. The number of hydrogen-bond acceptors (Lipinski definition) is 4. The molecule has 1 N–H and O–H groups in total. The van der Waals surface area contributed by atoms with Crippen molar-refractivity contribution in [2.24, 2.45) is 0 Å². The number of fused-ring (bicyclic) bond motifs is 3. The van der Waals surface area contributed by atoms with Crippen LogP contribution in [0.5, 0.6) is 17.2 Å². The van der Waals surface area contributed by atoms with E-state index in [0.29, 0.717) is 11.4 Å². The summed E-state index contributed by atoms with van der Waals surface area (Å²) in [5.74, 6) is 2.45. The van der Waals surface area contributed by atoms with E-state index < -0.39 is 8.07 Å². The molecule has 1 aliphatic rings. The van der Waals surface area contributed by atoms with Gasteiger partial charge in [0.1, 0.15) is 17.3 Å². The van der Waals surface area contributed by atoms with Gasteiger partial charge in [0, 0.05) is 52.0 Å². The average Bonchev–Trinajstić information content (AvgIpc) is 3.53. The molecule has 0 spiro atoms. The van der Waals surface area contributed by atoms with Crippen LogP contribution in [-0.2, 0) is 32.5 Å². The summed E-state index contributed by atoms with van der Waals surface area (Å²) in [7, 11) is -1.34. The zero-order chi connectivity index (χ0) is 37.4. The summed E-state index contributed by atoms with van der Waals surface area (Å²) in [6.45, 7) is 13.7. The molecule has 0 radical (unpaired) electrons. The average molecular weight is 916 g/mol. The first-order valence-corrected chi connectivity index (χ1v) is 22.3. The van der Waals surface area contributed by atoms with Crippen LogP contribution in [0.2, 0.25) is 19.6 Å². The minimum Gasteiger partial charge on any atom is -0.507 e. The molecule has 9 rings (SSSR count). The predicted octanol–water partition coefficient (Wildman–Crippen LogP) is 12.6. The Morgan fingerprint density at radius 3 is 2.31 bits per heavy atom. The van der Waals surface area contributed by atoms with Gasteiger partial charge in [0.15, 0.2) is 0 Å². The molecule has 55 heavy (non-hydrogen) atoms. The van der Waals surface area contributed by atoms with Crippen molar-refractivity contribution in [3.05, 3.63) is 145 Å². The molecular weight excluding hydrogens is 874 g/mol. The van der Waals surface area contributed by atoms with E-state index in [1.54, 1.807) is 6.07 Å². The van der Waals surface area contributed by atoms with Gasteiger partial charge in [-0.15, -0.1) is 17.7 Å². The minimum atomic E-state index is -1.34. The van der Waals surface area contributed by atoms with Gasteiger partial charge in [-0.2, -0.15) is 0 Å². The van der Waals surface area contributed by atoms with Crippen LogP contribution in [0, 0.1) is 6.07 Å². The van der Waals surface area contributed by atoms with Crippen LogP contribution in [-0.4, -0.2) is 27.7 Å². The molecule has 276 valence electrons. The number of hydrogen-bond donors (Lipinski definition) is 1. The summed E-state index contributed by atoms with van der Waals surface area (Å²) in [4.78, 5) is 10.3. The molecule has 0 aliphatic carbocycles. The molecule has 6 aromatic carbocycles. The van der Waals surface area contributed by atoms with Gasteiger partial charge < -0.3 is 9.84 Å². The molecule has 2 aromatic heterocycles. The summed E-state index contributed by atoms with van der Waals surface area (Å²) in [6.07, 6.45) is 1.90. The van der Waals surface area contributed by atoms with Gasteiger partial charge in [0.2, 0.25) is 0 Å². The van der Waals surface area contributed by atoms with Crippen LogP contribution in [0.15, 0.2) is 128 Å². The van der Waals surface area contributed by atoms with Crippen LogP contribution in [0.1, 0.15) is 31.9 Å². The van der Waals surface area contributed by atoms with Crippen molar-refractivity contribution in [2.75, 3.05) is 0 Å². The van der Waals surface area contributed by atoms with Crippen molar-refractivity contribution in [1.82, 2.24) is 14.5 Å². The molecule has 8 aromatic rings. The molecule has 5 nitrogen and oxygen atoms in total. The fraction of sp³-hybridized carbons (Fsp3) is 0.167. The van der Waals surface area contributed by atoms with Gasteiger partial charge in [-0.3, -0.25) is 9.55 Å². The normalized spacial score (nSPS) is 12.3. The van der Waals surface area contributed by atoms with Crippen molar-refractivity contribution in [1.29, 1.82) is 0 Å². The van der Waals surface area contributed by atoms with Gasteiger partial charge in [0.25, 0.3) is 0 Å². The van der Waals surface area contributed by atoms with E-state index in [1.165, 1.54) is 5.56 Å². The Balaban J connectivity index is 0.00000427. The van der Waals surface area contributed by atoms with Gasteiger partial charge >= 0.3 is 0 Å². The maximum absolute atomic E-state index is 11.5. The van der Waals surface area contributed by atoms with Crippen LogP contribution >= 0.6 is 0 Å². The molecule has 0 saturated heterocycles. The topological polar surface area (TPSA) is 60.2 Å². The first kappa shape index (κ1) is 36.7. The Kier molecular flexibility index (Phi) is 9.18. The smallest absolute Gasteiger partial charge is 0.148 e. The molecular formula is C48H42N3O2PtSi-. The Labute approximate surface area is 338 Å². The van der Waals surface area contributed by atoms with E-state index in [9.17, 15) is 5.11 Å². The molecule has 0 amide bonds. The predicted molar refractivity (Wildman–Crippen MR) is 224 cm³/mol. The van der Waals surface area contributed by atoms with Crippen molar-refractivity contribution < 1.29 is 30.9 Å². The number of phenols is 1. The van der Waals surface area contributed by atoms with Crippen LogP contribution < -0.4 is 4.74 Å². The van der Waals surface area contributed by atoms with Crippen LogP contribution in [0.4, 0.5) is 0 Å². The molecule has 7 heteroatoms. The Morgan fingerprint density at radius 2 is 1.53 bits per heavy atom. The van der Waals surface area contributed by atoms with E-state index in [-0.39, 0.29) is 32.2 Å². The molecule has 0 atom stereocenters. The van der Waals surface area contributed by atoms with Crippen molar-refractivity contribution in [3.63, 3.8) is 0 Å². The zero-order valence-electron chi connectivity index (χ0n) is 31.8. The number of para-hydroxylation sites is 2. The molecule has 0 unspecified atom stereocenters. The Morgan fingerprint density at radius 1 is 0.764 bits per heavy atom. The zero-order valence-corrected chi connectivity index (χ0v) is 35.1. The summed E-state index contributed by atoms with van der Waals surface area (Å²) in [5, 5.41) is 13.7.